The lowest BCUT2D eigenvalue weighted by atomic mass is 10.0. The zero-order chi connectivity index (χ0) is 14.0. The second-order valence-electron chi connectivity index (χ2n) is 4.79. The molecular weight excluding hydrogens is 332 g/mol. The van der Waals surface area contributed by atoms with E-state index in [0.29, 0.717) is 29.2 Å². The highest BCUT2D eigenvalue weighted by atomic mass is 79.9. The first kappa shape index (κ1) is 14.5. The number of nitrogens with one attached hydrogen (secondary N) is 1. The summed E-state index contributed by atoms with van der Waals surface area (Å²) in [5, 5.41) is 0. The van der Waals surface area contributed by atoms with E-state index in [1.807, 2.05) is 0 Å². The smallest absolute Gasteiger partial charge is 0.302 e. The van der Waals surface area contributed by atoms with Crippen LogP contribution < -0.4 is 10.5 Å². The first-order valence-electron chi connectivity index (χ1n) is 6.07. The molecule has 106 valence electrons. The largest absolute Gasteiger partial charge is 0.397 e. The molecule has 6 nitrogen and oxygen atoms in total. The van der Waals surface area contributed by atoms with Crippen LogP contribution in [-0.4, -0.2) is 30.8 Å². The minimum absolute atomic E-state index is 0.257. The Labute approximate surface area is 121 Å². The number of hydrogen-bond donors (Lipinski definition) is 2. The van der Waals surface area contributed by atoms with Gasteiger partial charge in [-0.3, -0.25) is 4.72 Å². The Balaban J connectivity index is 2.12. The molecule has 0 saturated carbocycles. The third kappa shape index (κ3) is 3.58. The van der Waals surface area contributed by atoms with Gasteiger partial charge in [-0.1, -0.05) is 6.92 Å². The van der Waals surface area contributed by atoms with Gasteiger partial charge in [-0.05, 0) is 40.8 Å². The number of piperidine rings is 1. The first-order valence-corrected chi connectivity index (χ1v) is 8.30. The molecule has 8 heteroatoms. The lowest BCUT2D eigenvalue weighted by Gasteiger charge is -2.29. The van der Waals surface area contributed by atoms with E-state index in [4.69, 9.17) is 5.73 Å². The van der Waals surface area contributed by atoms with E-state index < -0.39 is 10.2 Å². The molecule has 0 bridgehead atoms. The van der Waals surface area contributed by atoms with Gasteiger partial charge in [0.2, 0.25) is 0 Å². The van der Waals surface area contributed by atoms with Gasteiger partial charge < -0.3 is 5.73 Å². The van der Waals surface area contributed by atoms with Gasteiger partial charge in [-0.15, -0.1) is 0 Å². The predicted octanol–water partition coefficient (Wildman–Crippen LogP) is 1.81. The van der Waals surface area contributed by atoms with Gasteiger partial charge in [0.05, 0.1) is 16.4 Å². The van der Waals surface area contributed by atoms with Crippen LogP contribution >= 0.6 is 15.9 Å². The van der Waals surface area contributed by atoms with E-state index in [0.717, 1.165) is 12.8 Å². The molecule has 0 spiro atoms. The normalized spacial score (nSPS) is 18.4. The minimum atomic E-state index is -3.55. The minimum Gasteiger partial charge on any atom is -0.397 e. The van der Waals surface area contributed by atoms with Gasteiger partial charge in [0.25, 0.3) is 0 Å². The average Bonchev–Trinajstić information content (AvgIpc) is 2.33. The maximum atomic E-state index is 12.2. The lowest BCUT2D eigenvalue weighted by molar-refractivity contribution is 0.289. The molecule has 0 aliphatic carbocycles. The molecule has 19 heavy (non-hydrogen) atoms. The quantitative estimate of drug-likeness (QED) is 0.871. The van der Waals surface area contributed by atoms with Crippen molar-refractivity contribution in [2.24, 2.45) is 5.92 Å². The van der Waals surface area contributed by atoms with Crippen molar-refractivity contribution in [3.63, 3.8) is 0 Å². The van der Waals surface area contributed by atoms with E-state index in [1.165, 1.54) is 10.5 Å². The van der Waals surface area contributed by atoms with Gasteiger partial charge in [0.15, 0.2) is 5.82 Å². The Morgan fingerprint density at radius 2 is 2.11 bits per heavy atom. The number of halogens is 1. The molecular formula is C11H17BrN4O2S. The van der Waals surface area contributed by atoms with Gasteiger partial charge in [-0.2, -0.15) is 12.7 Å². The maximum Gasteiger partial charge on any atom is 0.302 e. The van der Waals surface area contributed by atoms with Crippen molar-refractivity contribution >= 4 is 37.6 Å². The number of hydrogen-bond acceptors (Lipinski definition) is 4. The van der Waals surface area contributed by atoms with Crippen LogP contribution in [0.25, 0.3) is 0 Å². The Bertz CT molecular complexity index is 556. The number of aromatic nitrogens is 1. The molecule has 1 aromatic heterocycles. The Morgan fingerprint density at radius 3 is 2.68 bits per heavy atom. The molecule has 1 aromatic rings. The molecule has 1 aliphatic rings. The van der Waals surface area contributed by atoms with Crippen LogP contribution in [0.2, 0.25) is 0 Å². The molecule has 1 aliphatic heterocycles. The fourth-order valence-electron chi connectivity index (χ4n) is 1.94. The highest BCUT2D eigenvalue weighted by Gasteiger charge is 2.27. The molecule has 0 aromatic carbocycles. The number of nitrogen functional groups attached to an aromatic ring is 1. The summed E-state index contributed by atoms with van der Waals surface area (Å²) in [5.41, 5.74) is 6.04. The summed E-state index contributed by atoms with van der Waals surface area (Å²) < 4.78 is 28.9. The van der Waals surface area contributed by atoms with E-state index in [2.05, 4.69) is 32.6 Å². The van der Waals surface area contributed by atoms with Crippen LogP contribution in [0.3, 0.4) is 0 Å². The van der Waals surface area contributed by atoms with Crippen molar-refractivity contribution in [3.05, 3.63) is 16.7 Å². The van der Waals surface area contributed by atoms with Crippen molar-refractivity contribution in [1.82, 2.24) is 9.29 Å². The second-order valence-corrected chi connectivity index (χ2v) is 7.31. The molecule has 0 radical (unpaired) electrons. The summed E-state index contributed by atoms with van der Waals surface area (Å²) in [6.45, 7) is 3.22. The Hall–Kier alpha value is -0.860. The topological polar surface area (TPSA) is 88.3 Å². The van der Waals surface area contributed by atoms with Gasteiger partial charge in [0, 0.05) is 13.1 Å². The first-order chi connectivity index (χ1) is 8.88. The van der Waals surface area contributed by atoms with Crippen LogP contribution in [0, 0.1) is 5.92 Å². The van der Waals surface area contributed by atoms with Crippen molar-refractivity contribution in [2.75, 3.05) is 23.5 Å². The highest BCUT2D eigenvalue weighted by Crippen LogP contribution is 2.25. The van der Waals surface area contributed by atoms with Crippen LogP contribution in [0.5, 0.6) is 0 Å². The Morgan fingerprint density at radius 1 is 1.47 bits per heavy atom. The van der Waals surface area contributed by atoms with Crippen molar-refractivity contribution in [1.29, 1.82) is 0 Å². The second kappa shape index (κ2) is 5.64. The third-order valence-corrected chi connectivity index (χ3v) is 5.27. The fraction of sp³-hybridized carbons (Fsp3) is 0.545. The molecule has 3 N–H and O–H groups in total. The Kier molecular flexibility index (Phi) is 4.32. The third-order valence-electron chi connectivity index (χ3n) is 3.17. The summed E-state index contributed by atoms with van der Waals surface area (Å²) in [6, 6.07) is 1.61. The number of nitrogens with two attached hydrogens (primary N) is 1. The summed E-state index contributed by atoms with van der Waals surface area (Å²) in [4.78, 5) is 3.98. The number of nitrogens with zero attached hydrogens (tertiary/aromatic N) is 2. The zero-order valence-corrected chi connectivity index (χ0v) is 13.0. The van der Waals surface area contributed by atoms with Crippen LogP contribution in [0.4, 0.5) is 11.5 Å². The highest BCUT2D eigenvalue weighted by molar-refractivity contribution is 9.10. The maximum absolute atomic E-state index is 12.2. The molecule has 0 amide bonds. The van der Waals surface area contributed by atoms with Crippen molar-refractivity contribution < 1.29 is 8.42 Å². The van der Waals surface area contributed by atoms with E-state index >= 15 is 0 Å². The fourth-order valence-corrected chi connectivity index (χ4v) is 3.76. The predicted molar refractivity (Wildman–Crippen MR) is 78.9 cm³/mol. The average molecular weight is 349 g/mol. The monoisotopic (exact) mass is 348 g/mol. The lowest BCUT2D eigenvalue weighted by Crippen LogP contribution is -2.41. The van der Waals surface area contributed by atoms with Crippen LogP contribution in [0.15, 0.2) is 16.7 Å². The number of anilines is 2. The summed E-state index contributed by atoms with van der Waals surface area (Å²) in [6.07, 6.45) is 3.19. The van der Waals surface area contributed by atoms with Gasteiger partial charge in [-0.25, -0.2) is 4.98 Å². The molecule has 2 heterocycles. The molecule has 2 rings (SSSR count). The molecule has 0 atom stereocenters. The van der Waals surface area contributed by atoms with Gasteiger partial charge >= 0.3 is 10.2 Å². The van der Waals surface area contributed by atoms with E-state index in [1.54, 1.807) is 6.07 Å². The SMILES string of the molecule is CC1CCN(S(=O)(=O)Nc2ncc(N)cc2Br)CC1. The summed E-state index contributed by atoms with van der Waals surface area (Å²) >= 11 is 3.25. The summed E-state index contributed by atoms with van der Waals surface area (Å²) in [5.74, 6) is 0.834. The number of rotatable bonds is 3. The molecule has 0 unspecified atom stereocenters. The standard InChI is InChI=1S/C11H17BrN4O2S/c1-8-2-4-16(5-3-8)19(17,18)15-11-10(12)6-9(13)7-14-11/h6-8H,2-5,13H2,1H3,(H,14,15). The summed E-state index contributed by atoms with van der Waals surface area (Å²) in [7, 11) is -3.55. The molecule has 1 fully saturated rings. The molecule has 1 saturated heterocycles. The van der Waals surface area contributed by atoms with E-state index in [9.17, 15) is 8.42 Å². The van der Waals surface area contributed by atoms with E-state index in [-0.39, 0.29) is 5.82 Å². The number of pyridine rings is 1. The van der Waals surface area contributed by atoms with Crippen LogP contribution in [0.1, 0.15) is 19.8 Å². The van der Waals surface area contributed by atoms with Crippen LogP contribution in [-0.2, 0) is 10.2 Å². The zero-order valence-electron chi connectivity index (χ0n) is 10.6. The van der Waals surface area contributed by atoms with Crippen molar-refractivity contribution in [3.8, 4) is 0 Å². The van der Waals surface area contributed by atoms with Crippen molar-refractivity contribution in [2.45, 2.75) is 19.8 Å². The van der Waals surface area contributed by atoms with Gasteiger partial charge in [0.1, 0.15) is 0 Å².